The molecule has 3 heteroatoms. The van der Waals surface area contributed by atoms with Crippen LogP contribution in [0.5, 0.6) is 5.75 Å². The van der Waals surface area contributed by atoms with Crippen LogP contribution >= 0.6 is 0 Å². The van der Waals surface area contributed by atoms with Crippen LogP contribution in [0.25, 0.3) is 0 Å². The Morgan fingerprint density at radius 2 is 2.00 bits per heavy atom. The topological polar surface area (TPSA) is 21.3 Å². The summed E-state index contributed by atoms with van der Waals surface area (Å²) >= 11 is 0. The van der Waals surface area contributed by atoms with Gasteiger partial charge in [0.05, 0.1) is 7.11 Å². The Labute approximate surface area is 125 Å². The van der Waals surface area contributed by atoms with Gasteiger partial charge in [0, 0.05) is 17.5 Å². The minimum absolute atomic E-state index is 0.0382. The fourth-order valence-corrected chi connectivity index (χ4v) is 3.44. The minimum Gasteiger partial charge on any atom is -0.494 e. The van der Waals surface area contributed by atoms with Crippen LogP contribution in [0.1, 0.15) is 35.1 Å². The maximum absolute atomic E-state index is 14.6. The molecule has 0 fully saturated rings. The molecule has 2 aromatic carbocycles. The number of hydrogen-bond donors (Lipinski definition) is 1. The SMILES string of the molecule is CNC(c1cccc(OC)c1F)C1CCc2ccccc21. The quantitative estimate of drug-likeness (QED) is 0.922. The van der Waals surface area contributed by atoms with Crippen molar-refractivity contribution in [3.05, 3.63) is 65.0 Å². The molecule has 2 nitrogen and oxygen atoms in total. The van der Waals surface area contributed by atoms with E-state index >= 15 is 0 Å². The zero-order valence-electron chi connectivity index (χ0n) is 12.4. The number of likely N-dealkylation sites (N-methyl/N-ethyl adjacent to an activating group) is 1. The maximum atomic E-state index is 14.6. The standard InChI is InChI=1S/C18H20FNO/c1-20-18(15-8-5-9-16(21-2)17(15)19)14-11-10-12-6-3-4-7-13(12)14/h3-9,14,18,20H,10-11H2,1-2H3. The van der Waals surface area contributed by atoms with Gasteiger partial charge in [0.25, 0.3) is 0 Å². The number of aryl methyl sites for hydroxylation is 1. The molecule has 1 N–H and O–H groups in total. The summed E-state index contributed by atoms with van der Waals surface area (Å²) in [5, 5.41) is 3.30. The summed E-state index contributed by atoms with van der Waals surface area (Å²) in [7, 11) is 3.39. The Morgan fingerprint density at radius 3 is 2.76 bits per heavy atom. The summed E-state index contributed by atoms with van der Waals surface area (Å²) < 4.78 is 19.7. The Bertz CT molecular complexity index is 641. The van der Waals surface area contributed by atoms with E-state index in [9.17, 15) is 4.39 Å². The molecule has 0 amide bonds. The third-order valence-electron chi connectivity index (χ3n) is 4.44. The highest BCUT2D eigenvalue weighted by Gasteiger charge is 2.31. The van der Waals surface area contributed by atoms with E-state index in [2.05, 4.69) is 29.6 Å². The normalized spacial score (nSPS) is 18.3. The predicted octanol–water partition coefficient (Wildman–Crippen LogP) is 3.82. The molecular weight excluding hydrogens is 265 g/mol. The average molecular weight is 285 g/mol. The van der Waals surface area contributed by atoms with Crippen LogP contribution in [0.15, 0.2) is 42.5 Å². The van der Waals surface area contributed by atoms with Gasteiger partial charge < -0.3 is 10.1 Å². The van der Waals surface area contributed by atoms with Gasteiger partial charge in [-0.3, -0.25) is 0 Å². The van der Waals surface area contributed by atoms with Gasteiger partial charge in [-0.15, -0.1) is 0 Å². The van der Waals surface area contributed by atoms with Gasteiger partial charge in [0.2, 0.25) is 0 Å². The highest BCUT2D eigenvalue weighted by Crippen LogP contribution is 2.42. The van der Waals surface area contributed by atoms with Crippen molar-refractivity contribution in [2.24, 2.45) is 0 Å². The van der Waals surface area contributed by atoms with Crippen LogP contribution in [0.4, 0.5) is 4.39 Å². The van der Waals surface area contributed by atoms with Gasteiger partial charge in [-0.25, -0.2) is 4.39 Å². The van der Waals surface area contributed by atoms with Crippen LogP contribution in [-0.4, -0.2) is 14.2 Å². The monoisotopic (exact) mass is 285 g/mol. The maximum Gasteiger partial charge on any atom is 0.169 e. The lowest BCUT2D eigenvalue weighted by atomic mass is 9.88. The summed E-state index contributed by atoms with van der Waals surface area (Å²) in [5.74, 6) is 0.343. The molecular formula is C18H20FNO. The molecule has 0 aromatic heterocycles. The van der Waals surface area contributed by atoms with Crippen molar-refractivity contribution in [2.75, 3.05) is 14.2 Å². The number of hydrogen-bond acceptors (Lipinski definition) is 2. The van der Waals surface area contributed by atoms with E-state index in [0.29, 0.717) is 17.2 Å². The first-order chi connectivity index (χ1) is 10.3. The van der Waals surface area contributed by atoms with Crippen LogP contribution in [0, 0.1) is 5.82 Å². The molecule has 3 rings (SSSR count). The van der Waals surface area contributed by atoms with E-state index in [1.165, 1.54) is 18.2 Å². The van der Waals surface area contributed by atoms with Gasteiger partial charge in [-0.05, 0) is 37.1 Å². The number of fused-ring (bicyclic) bond motifs is 1. The Hall–Kier alpha value is -1.87. The van der Waals surface area contributed by atoms with E-state index in [1.54, 1.807) is 6.07 Å². The zero-order valence-corrected chi connectivity index (χ0v) is 12.4. The number of benzene rings is 2. The van der Waals surface area contributed by atoms with E-state index in [-0.39, 0.29) is 11.9 Å². The van der Waals surface area contributed by atoms with Gasteiger partial charge in [0.1, 0.15) is 0 Å². The lowest BCUT2D eigenvalue weighted by Gasteiger charge is -2.25. The molecule has 1 aliphatic rings. The van der Waals surface area contributed by atoms with Crippen molar-refractivity contribution in [3.8, 4) is 5.75 Å². The molecule has 0 heterocycles. The highest BCUT2D eigenvalue weighted by molar-refractivity contribution is 5.40. The van der Waals surface area contributed by atoms with Crippen molar-refractivity contribution in [1.82, 2.24) is 5.32 Å². The third kappa shape index (κ3) is 2.42. The number of rotatable bonds is 4. The molecule has 1 aliphatic carbocycles. The van der Waals surface area contributed by atoms with Crippen molar-refractivity contribution in [3.63, 3.8) is 0 Å². The smallest absolute Gasteiger partial charge is 0.169 e. The summed E-state index contributed by atoms with van der Waals surface area (Å²) in [5.41, 5.74) is 3.39. The molecule has 0 aliphatic heterocycles. The van der Waals surface area contributed by atoms with E-state index in [4.69, 9.17) is 4.74 Å². The second-order valence-corrected chi connectivity index (χ2v) is 5.47. The molecule has 21 heavy (non-hydrogen) atoms. The van der Waals surface area contributed by atoms with Gasteiger partial charge in [-0.2, -0.15) is 0 Å². The van der Waals surface area contributed by atoms with Crippen LogP contribution in [-0.2, 0) is 6.42 Å². The fourth-order valence-electron chi connectivity index (χ4n) is 3.44. The lowest BCUT2D eigenvalue weighted by molar-refractivity contribution is 0.375. The predicted molar refractivity (Wildman–Crippen MR) is 82.3 cm³/mol. The van der Waals surface area contributed by atoms with Crippen LogP contribution < -0.4 is 10.1 Å². The van der Waals surface area contributed by atoms with Gasteiger partial charge >= 0.3 is 0 Å². The number of nitrogens with one attached hydrogen (secondary N) is 1. The van der Waals surface area contributed by atoms with Crippen molar-refractivity contribution >= 4 is 0 Å². The highest BCUT2D eigenvalue weighted by atomic mass is 19.1. The van der Waals surface area contributed by atoms with E-state index in [1.807, 2.05) is 19.2 Å². The third-order valence-corrected chi connectivity index (χ3v) is 4.44. The van der Waals surface area contributed by atoms with E-state index < -0.39 is 0 Å². The first-order valence-corrected chi connectivity index (χ1v) is 7.33. The van der Waals surface area contributed by atoms with Gasteiger partial charge in [0.15, 0.2) is 11.6 Å². The minimum atomic E-state index is -0.260. The largest absolute Gasteiger partial charge is 0.494 e. The zero-order chi connectivity index (χ0) is 14.8. The van der Waals surface area contributed by atoms with Gasteiger partial charge in [-0.1, -0.05) is 36.4 Å². The van der Waals surface area contributed by atoms with Crippen molar-refractivity contribution in [1.29, 1.82) is 0 Å². The summed E-state index contributed by atoms with van der Waals surface area (Å²) in [6.45, 7) is 0. The molecule has 0 radical (unpaired) electrons. The Balaban J connectivity index is 2.01. The molecule has 0 saturated heterocycles. The average Bonchev–Trinajstić information content (AvgIpc) is 2.94. The fraction of sp³-hybridized carbons (Fsp3) is 0.333. The summed E-state index contributed by atoms with van der Waals surface area (Å²) in [4.78, 5) is 0. The molecule has 2 unspecified atom stereocenters. The van der Waals surface area contributed by atoms with Crippen molar-refractivity contribution < 1.29 is 9.13 Å². The first kappa shape index (κ1) is 14.1. The summed E-state index contributed by atoms with van der Waals surface area (Å²) in [6.07, 6.45) is 2.10. The molecule has 2 atom stereocenters. The van der Waals surface area contributed by atoms with Crippen LogP contribution in [0.2, 0.25) is 0 Å². The molecule has 110 valence electrons. The number of methoxy groups -OCH3 is 1. The second-order valence-electron chi connectivity index (χ2n) is 5.47. The molecule has 2 aromatic rings. The number of ether oxygens (including phenoxy) is 1. The molecule has 0 bridgehead atoms. The van der Waals surface area contributed by atoms with Crippen molar-refractivity contribution in [2.45, 2.75) is 24.8 Å². The lowest BCUT2D eigenvalue weighted by Crippen LogP contribution is -2.24. The molecule has 0 saturated carbocycles. The van der Waals surface area contributed by atoms with Crippen LogP contribution in [0.3, 0.4) is 0 Å². The number of halogens is 1. The summed E-state index contributed by atoms with van der Waals surface area (Å²) in [6, 6.07) is 13.8. The molecule has 0 spiro atoms. The second kappa shape index (κ2) is 5.86. The Kier molecular flexibility index (Phi) is 3.93. The first-order valence-electron chi connectivity index (χ1n) is 7.33. The van der Waals surface area contributed by atoms with E-state index in [0.717, 1.165) is 12.8 Å². The Morgan fingerprint density at radius 1 is 1.19 bits per heavy atom.